The van der Waals surface area contributed by atoms with Crippen LogP contribution in [0.1, 0.15) is 60.8 Å². The van der Waals surface area contributed by atoms with E-state index in [9.17, 15) is 18.0 Å². The van der Waals surface area contributed by atoms with Gasteiger partial charge in [0.2, 0.25) is 0 Å². The number of pyridine rings is 2. The van der Waals surface area contributed by atoms with Gasteiger partial charge in [0.15, 0.2) is 5.65 Å². The molecule has 4 aromatic heterocycles. The van der Waals surface area contributed by atoms with Crippen molar-refractivity contribution in [2.45, 2.75) is 59.2 Å². The summed E-state index contributed by atoms with van der Waals surface area (Å²) in [5, 5.41) is 0. The van der Waals surface area contributed by atoms with Crippen LogP contribution >= 0.6 is 0 Å². The van der Waals surface area contributed by atoms with Crippen LogP contribution in [-0.4, -0.2) is 42.6 Å². The highest BCUT2D eigenvalue weighted by molar-refractivity contribution is 5.71. The van der Waals surface area contributed by atoms with Crippen molar-refractivity contribution in [1.29, 1.82) is 0 Å². The zero-order chi connectivity index (χ0) is 27.4. The number of fused-ring (bicyclic) bond motifs is 1. The summed E-state index contributed by atoms with van der Waals surface area (Å²) in [6.45, 7) is 8.71. The van der Waals surface area contributed by atoms with Crippen LogP contribution < -0.4 is 10.5 Å². The Kier molecular flexibility index (Phi) is 8.03. The van der Waals surface area contributed by atoms with Gasteiger partial charge in [-0.1, -0.05) is 13.8 Å². The number of aryl methyl sites for hydroxylation is 2. The van der Waals surface area contributed by atoms with E-state index in [1.807, 2.05) is 20.8 Å². The van der Waals surface area contributed by atoms with Crippen LogP contribution in [0.25, 0.3) is 11.2 Å². The molecule has 0 unspecified atom stereocenters. The van der Waals surface area contributed by atoms with E-state index in [1.165, 1.54) is 23.2 Å². The van der Waals surface area contributed by atoms with Gasteiger partial charge in [0.1, 0.15) is 11.8 Å². The molecule has 1 aliphatic heterocycles. The SMILES string of the molecule is CC.Cc1cnc2cc(C3CCN(c4cncnc4C)CC3)c(=O)n(Cc3ncccc3C(F)(F)F)c2n1. The third-order valence-corrected chi connectivity index (χ3v) is 6.61. The topological polar surface area (TPSA) is 89.7 Å². The molecule has 0 aromatic carbocycles. The van der Waals surface area contributed by atoms with Crippen LogP contribution in [0.5, 0.6) is 0 Å². The number of aromatic nitrogens is 6. The van der Waals surface area contributed by atoms with Gasteiger partial charge in [0, 0.05) is 31.0 Å². The normalized spacial score (nSPS) is 14.3. The number of rotatable bonds is 4. The number of nitrogens with zero attached hydrogens (tertiary/aromatic N) is 7. The summed E-state index contributed by atoms with van der Waals surface area (Å²) in [6.07, 6.45) is 2.99. The maximum absolute atomic E-state index is 13.7. The third-order valence-electron chi connectivity index (χ3n) is 6.61. The Morgan fingerprint density at radius 3 is 2.47 bits per heavy atom. The Morgan fingerprint density at radius 1 is 1.05 bits per heavy atom. The van der Waals surface area contributed by atoms with Gasteiger partial charge in [-0.15, -0.1) is 0 Å². The molecular weight excluding hydrogens is 495 g/mol. The molecule has 0 radical (unpaired) electrons. The molecule has 0 bridgehead atoms. The molecule has 11 heteroatoms. The number of halogens is 3. The summed E-state index contributed by atoms with van der Waals surface area (Å²) < 4.78 is 42.2. The molecule has 4 aromatic rings. The van der Waals surface area contributed by atoms with E-state index in [0.717, 1.165) is 17.4 Å². The summed E-state index contributed by atoms with van der Waals surface area (Å²) in [5.41, 5.74) is 2.19. The fraction of sp³-hybridized carbons (Fsp3) is 0.407. The second-order valence-electron chi connectivity index (χ2n) is 8.96. The molecule has 1 fully saturated rings. The predicted molar refractivity (Wildman–Crippen MR) is 139 cm³/mol. The Labute approximate surface area is 218 Å². The quantitative estimate of drug-likeness (QED) is 0.367. The molecular formula is C27H30F3N7O. The van der Waals surface area contributed by atoms with Crippen molar-refractivity contribution >= 4 is 16.9 Å². The maximum Gasteiger partial charge on any atom is 0.418 e. The molecule has 200 valence electrons. The fourth-order valence-electron chi connectivity index (χ4n) is 4.77. The van der Waals surface area contributed by atoms with Crippen LogP contribution in [0, 0.1) is 13.8 Å². The first-order valence-corrected chi connectivity index (χ1v) is 12.6. The van der Waals surface area contributed by atoms with Crippen molar-refractivity contribution in [2.75, 3.05) is 18.0 Å². The molecule has 0 N–H and O–H groups in total. The van der Waals surface area contributed by atoms with Crippen LogP contribution in [0.4, 0.5) is 18.9 Å². The molecule has 5 heterocycles. The van der Waals surface area contributed by atoms with E-state index >= 15 is 0 Å². The number of anilines is 1. The highest BCUT2D eigenvalue weighted by Gasteiger charge is 2.34. The molecule has 1 saturated heterocycles. The highest BCUT2D eigenvalue weighted by atomic mass is 19.4. The van der Waals surface area contributed by atoms with Crippen molar-refractivity contribution in [3.63, 3.8) is 0 Å². The fourth-order valence-corrected chi connectivity index (χ4v) is 4.77. The predicted octanol–water partition coefficient (Wildman–Crippen LogP) is 5.07. The summed E-state index contributed by atoms with van der Waals surface area (Å²) in [4.78, 5) is 37.1. The number of piperidine rings is 1. The van der Waals surface area contributed by atoms with E-state index in [0.29, 0.717) is 42.7 Å². The second kappa shape index (κ2) is 11.2. The maximum atomic E-state index is 13.7. The van der Waals surface area contributed by atoms with Crippen LogP contribution in [0.3, 0.4) is 0 Å². The zero-order valence-electron chi connectivity index (χ0n) is 21.8. The summed E-state index contributed by atoms with van der Waals surface area (Å²) in [7, 11) is 0. The lowest BCUT2D eigenvalue weighted by Crippen LogP contribution is -2.36. The van der Waals surface area contributed by atoms with E-state index in [-0.39, 0.29) is 29.4 Å². The van der Waals surface area contributed by atoms with Crippen molar-refractivity contribution < 1.29 is 13.2 Å². The van der Waals surface area contributed by atoms with Gasteiger partial charge in [-0.3, -0.25) is 19.3 Å². The Bertz CT molecular complexity index is 1480. The van der Waals surface area contributed by atoms with E-state index < -0.39 is 11.7 Å². The minimum absolute atomic E-state index is 0.0664. The van der Waals surface area contributed by atoms with E-state index in [4.69, 9.17) is 0 Å². The zero-order valence-corrected chi connectivity index (χ0v) is 21.8. The Hall–Kier alpha value is -3.89. The van der Waals surface area contributed by atoms with Gasteiger partial charge in [0.25, 0.3) is 5.56 Å². The van der Waals surface area contributed by atoms with Gasteiger partial charge >= 0.3 is 6.18 Å². The largest absolute Gasteiger partial charge is 0.418 e. The molecule has 38 heavy (non-hydrogen) atoms. The van der Waals surface area contributed by atoms with Crippen molar-refractivity contribution in [3.8, 4) is 0 Å². The lowest BCUT2D eigenvalue weighted by Gasteiger charge is -2.34. The lowest BCUT2D eigenvalue weighted by molar-refractivity contribution is -0.138. The number of hydrogen-bond acceptors (Lipinski definition) is 7. The van der Waals surface area contributed by atoms with Crippen LogP contribution in [0.2, 0.25) is 0 Å². The first-order chi connectivity index (χ1) is 18.2. The first-order valence-electron chi connectivity index (χ1n) is 12.6. The van der Waals surface area contributed by atoms with Crippen molar-refractivity contribution in [3.05, 3.63) is 81.7 Å². The first kappa shape index (κ1) is 27.2. The molecule has 0 aliphatic carbocycles. The Balaban J connectivity index is 0.00000164. The lowest BCUT2D eigenvalue weighted by atomic mass is 9.89. The van der Waals surface area contributed by atoms with Crippen LogP contribution in [0.15, 0.2) is 47.9 Å². The van der Waals surface area contributed by atoms with Gasteiger partial charge in [-0.25, -0.2) is 15.0 Å². The number of hydrogen-bond donors (Lipinski definition) is 0. The monoisotopic (exact) mass is 525 g/mol. The molecule has 5 rings (SSSR count). The Morgan fingerprint density at radius 2 is 1.79 bits per heavy atom. The van der Waals surface area contributed by atoms with Gasteiger partial charge in [0.05, 0.1) is 41.1 Å². The summed E-state index contributed by atoms with van der Waals surface area (Å²) >= 11 is 0. The van der Waals surface area contributed by atoms with Gasteiger partial charge in [-0.2, -0.15) is 13.2 Å². The molecule has 0 spiro atoms. The average Bonchev–Trinajstić information content (AvgIpc) is 2.91. The van der Waals surface area contributed by atoms with Crippen LogP contribution in [-0.2, 0) is 12.7 Å². The van der Waals surface area contributed by atoms with Gasteiger partial charge < -0.3 is 4.90 Å². The number of alkyl halides is 3. The second-order valence-corrected chi connectivity index (χ2v) is 8.96. The van der Waals surface area contributed by atoms with E-state index in [2.05, 4.69) is 29.8 Å². The minimum Gasteiger partial charge on any atom is -0.369 e. The smallest absolute Gasteiger partial charge is 0.369 e. The van der Waals surface area contributed by atoms with Crippen molar-refractivity contribution in [1.82, 2.24) is 29.5 Å². The van der Waals surface area contributed by atoms with Crippen molar-refractivity contribution in [2.24, 2.45) is 0 Å². The molecule has 0 saturated carbocycles. The molecule has 8 nitrogen and oxygen atoms in total. The van der Waals surface area contributed by atoms with E-state index in [1.54, 1.807) is 25.4 Å². The summed E-state index contributed by atoms with van der Waals surface area (Å²) in [5.74, 6) is -0.0664. The minimum atomic E-state index is -4.59. The molecule has 0 atom stereocenters. The third kappa shape index (κ3) is 5.51. The molecule has 1 aliphatic rings. The summed E-state index contributed by atoms with van der Waals surface area (Å²) in [6, 6.07) is 3.95. The van der Waals surface area contributed by atoms with Gasteiger partial charge in [-0.05, 0) is 50.8 Å². The standard InChI is InChI=1S/C25H24F3N7O.C2H6/c1-15-11-31-20-10-18(17-5-8-34(9-6-17)22-12-29-14-32-16(22)2)24(36)35(23(20)33-15)13-21-19(25(26,27)28)4-3-7-30-21;1-2/h3-4,7,10-12,14,17H,5-6,8-9,13H2,1-2H3;1-2H3. The average molecular weight is 526 g/mol. The highest BCUT2D eigenvalue weighted by Crippen LogP contribution is 2.33. The molecule has 0 amide bonds.